The molecule has 0 saturated carbocycles. The van der Waals surface area contributed by atoms with Crippen molar-refractivity contribution in [1.29, 1.82) is 0 Å². The van der Waals surface area contributed by atoms with Crippen molar-refractivity contribution in [2.24, 2.45) is 22.1 Å². The third kappa shape index (κ3) is 6.82. The molecule has 2 aromatic heterocycles. The van der Waals surface area contributed by atoms with Gasteiger partial charge in [-0.3, -0.25) is 9.79 Å². The molecule has 0 bridgehead atoms. The molecule has 3 heterocycles. The van der Waals surface area contributed by atoms with Crippen molar-refractivity contribution in [1.82, 2.24) is 19.5 Å². The second-order valence-electron chi connectivity index (χ2n) is 11.3. The number of aromatic nitrogens is 3. The molecule has 15 heteroatoms. The summed E-state index contributed by atoms with van der Waals surface area (Å²) in [6.07, 6.45) is -1.34. The minimum absolute atomic E-state index is 0.00230. The minimum atomic E-state index is -4.46. The van der Waals surface area contributed by atoms with Crippen LogP contribution in [0.4, 0.5) is 19.0 Å². The van der Waals surface area contributed by atoms with Crippen LogP contribution in [0.1, 0.15) is 58.3 Å². The number of allylic oxidation sites excluding steroid dienone is 1. The number of nitrogens with one attached hydrogen (secondary N) is 1. The van der Waals surface area contributed by atoms with E-state index in [4.69, 9.17) is 10.5 Å². The van der Waals surface area contributed by atoms with E-state index < -0.39 is 39.7 Å². The standard InChI is InChI=1S/C26H36F3N7O4S/c1-16-12-25(5,6)35(14-16)22-18(23(37)34-41(38,39)19(13-30)17(2)31-7)8-9-20(32-22)36-11-10-21(33-36)40-15-24(3,4)26(27,28)29/h8-11,13,16H,12,14-15,30H2,1-7H3,(H,34,37)/t16-/m0/s1. The number of rotatable bonds is 9. The van der Waals surface area contributed by atoms with Crippen LogP contribution >= 0.6 is 0 Å². The first-order valence-electron chi connectivity index (χ1n) is 12.8. The molecule has 1 aliphatic heterocycles. The van der Waals surface area contributed by atoms with E-state index in [1.807, 2.05) is 18.7 Å². The number of nitrogens with zero attached hydrogens (tertiary/aromatic N) is 5. The number of anilines is 1. The van der Waals surface area contributed by atoms with Gasteiger partial charge in [0.2, 0.25) is 5.88 Å². The summed E-state index contributed by atoms with van der Waals surface area (Å²) in [5, 5.41) is 4.20. The zero-order valence-electron chi connectivity index (χ0n) is 24.1. The van der Waals surface area contributed by atoms with Crippen molar-refractivity contribution in [3.8, 4) is 11.7 Å². The smallest absolute Gasteiger partial charge is 0.397 e. The predicted molar refractivity (Wildman–Crippen MR) is 150 cm³/mol. The Morgan fingerprint density at radius 1 is 1.29 bits per heavy atom. The number of hydrogen-bond acceptors (Lipinski definition) is 9. The van der Waals surface area contributed by atoms with E-state index in [0.717, 1.165) is 26.5 Å². The lowest BCUT2D eigenvalue weighted by molar-refractivity contribution is -0.219. The lowest BCUT2D eigenvalue weighted by Gasteiger charge is -2.34. The summed E-state index contributed by atoms with van der Waals surface area (Å²) in [6.45, 7) is 9.45. The van der Waals surface area contributed by atoms with Gasteiger partial charge >= 0.3 is 6.18 Å². The molecule has 0 aromatic carbocycles. The van der Waals surface area contributed by atoms with E-state index in [1.165, 1.54) is 43.0 Å². The maximum atomic E-state index is 13.4. The van der Waals surface area contributed by atoms with Crippen molar-refractivity contribution in [3.05, 3.63) is 41.1 Å². The highest BCUT2D eigenvalue weighted by Crippen LogP contribution is 2.39. The fourth-order valence-corrected chi connectivity index (χ4v) is 5.63. The molecule has 0 unspecified atom stereocenters. The van der Waals surface area contributed by atoms with Gasteiger partial charge in [-0.05, 0) is 59.1 Å². The van der Waals surface area contributed by atoms with E-state index >= 15 is 0 Å². The van der Waals surface area contributed by atoms with E-state index in [-0.39, 0.29) is 39.6 Å². The fourth-order valence-electron chi connectivity index (χ4n) is 4.50. The molecule has 1 amide bonds. The van der Waals surface area contributed by atoms with Gasteiger partial charge in [0, 0.05) is 37.6 Å². The number of carbonyl (C=O) groups excluding carboxylic acids is 1. The molecule has 1 atom stereocenters. The molecular formula is C26H36F3N7O4S. The lowest BCUT2D eigenvalue weighted by atomic mass is 9.94. The third-order valence-corrected chi connectivity index (χ3v) is 8.41. The molecule has 3 N–H and O–H groups in total. The number of nitrogens with two attached hydrogens (primary N) is 1. The van der Waals surface area contributed by atoms with Crippen LogP contribution in [-0.2, 0) is 10.0 Å². The molecule has 41 heavy (non-hydrogen) atoms. The van der Waals surface area contributed by atoms with Gasteiger partial charge in [-0.2, -0.15) is 13.2 Å². The van der Waals surface area contributed by atoms with Gasteiger partial charge in [-0.15, -0.1) is 5.10 Å². The Kier molecular flexibility index (Phi) is 8.82. The fraction of sp³-hybridized carbons (Fsp3) is 0.538. The Hall–Kier alpha value is -3.62. The highest BCUT2D eigenvalue weighted by molar-refractivity contribution is 7.95. The van der Waals surface area contributed by atoms with Crippen molar-refractivity contribution in [3.63, 3.8) is 0 Å². The first-order chi connectivity index (χ1) is 18.8. The molecule has 2 aromatic rings. The highest BCUT2D eigenvalue weighted by Gasteiger charge is 2.48. The molecule has 11 nitrogen and oxygen atoms in total. The van der Waals surface area contributed by atoms with Crippen molar-refractivity contribution in [2.45, 2.75) is 59.7 Å². The first kappa shape index (κ1) is 31.9. The number of carbonyl (C=O) groups is 1. The van der Waals surface area contributed by atoms with Crippen LogP contribution in [0.3, 0.4) is 0 Å². The molecule has 226 valence electrons. The van der Waals surface area contributed by atoms with Crippen molar-refractivity contribution >= 4 is 27.5 Å². The summed E-state index contributed by atoms with van der Waals surface area (Å²) >= 11 is 0. The van der Waals surface area contributed by atoms with E-state index in [2.05, 4.69) is 26.7 Å². The van der Waals surface area contributed by atoms with Crippen LogP contribution in [0.25, 0.3) is 5.82 Å². The van der Waals surface area contributed by atoms with E-state index in [9.17, 15) is 26.4 Å². The average Bonchev–Trinajstić information content (AvgIpc) is 3.44. The Labute approximate surface area is 237 Å². The van der Waals surface area contributed by atoms with Crippen molar-refractivity contribution < 1.29 is 31.1 Å². The highest BCUT2D eigenvalue weighted by atomic mass is 32.2. The third-order valence-electron chi connectivity index (χ3n) is 6.94. The first-order valence-corrected chi connectivity index (χ1v) is 14.3. The Balaban J connectivity index is 2.00. The number of aliphatic imine (C=N–C) groups is 1. The van der Waals surface area contributed by atoms with Gasteiger partial charge in [0.25, 0.3) is 15.9 Å². The van der Waals surface area contributed by atoms with Crippen LogP contribution in [0.2, 0.25) is 0 Å². The Morgan fingerprint density at radius 2 is 1.95 bits per heavy atom. The molecule has 0 aliphatic carbocycles. The SMILES string of the molecule is CN=C(C)C(=CN)S(=O)(=O)NC(=O)c1ccc(-n2ccc(OCC(C)(C)C(F)(F)F)n2)nc1N1C[C@@H](C)CC1(C)C. The number of pyridine rings is 1. The number of ether oxygens (including phenoxy) is 1. The molecular weight excluding hydrogens is 563 g/mol. The predicted octanol–water partition coefficient (Wildman–Crippen LogP) is 3.81. The lowest BCUT2D eigenvalue weighted by Crippen LogP contribution is -2.41. The van der Waals surface area contributed by atoms with Crippen LogP contribution < -0.4 is 20.1 Å². The van der Waals surface area contributed by atoms with E-state index in [0.29, 0.717) is 6.54 Å². The number of hydrogen-bond donors (Lipinski definition) is 2. The number of halogens is 3. The topological polar surface area (TPSA) is 145 Å². The summed E-state index contributed by atoms with van der Waals surface area (Å²) in [7, 11) is -2.95. The van der Waals surface area contributed by atoms with Gasteiger partial charge in [0.15, 0.2) is 5.82 Å². The van der Waals surface area contributed by atoms with Crippen LogP contribution in [-0.4, -0.2) is 66.7 Å². The van der Waals surface area contributed by atoms with Gasteiger partial charge in [0.1, 0.15) is 17.3 Å². The molecule has 3 rings (SSSR count). The number of alkyl halides is 3. The van der Waals surface area contributed by atoms with Gasteiger partial charge in [-0.1, -0.05) is 6.92 Å². The maximum absolute atomic E-state index is 13.4. The largest absolute Gasteiger partial charge is 0.476 e. The summed E-state index contributed by atoms with van der Waals surface area (Å²) < 4.78 is 74.2. The zero-order chi connectivity index (χ0) is 31.0. The maximum Gasteiger partial charge on any atom is 0.397 e. The minimum Gasteiger partial charge on any atom is -0.476 e. The van der Waals surface area contributed by atoms with Crippen LogP contribution in [0.5, 0.6) is 5.88 Å². The normalized spacial score (nSPS) is 18.5. The summed E-state index contributed by atoms with van der Waals surface area (Å²) in [6, 6.07) is 4.27. The summed E-state index contributed by atoms with van der Waals surface area (Å²) in [5.74, 6) is -0.234. The molecule has 1 saturated heterocycles. The molecule has 0 spiro atoms. The number of sulfonamides is 1. The monoisotopic (exact) mass is 599 g/mol. The Morgan fingerprint density at radius 3 is 2.49 bits per heavy atom. The second kappa shape index (κ2) is 11.3. The van der Waals surface area contributed by atoms with Gasteiger partial charge in [0.05, 0.1) is 16.7 Å². The summed E-state index contributed by atoms with van der Waals surface area (Å²) in [4.78, 5) is 23.5. The van der Waals surface area contributed by atoms with Crippen molar-refractivity contribution in [2.75, 3.05) is 25.1 Å². The van der Waals surface area contributed by atoms with E-state index in [1.54, 1.807) is 0 Å². The van der Waals surface area contributed by atoms with Gasteiger partial charge < -0.3 is 15.4 Å². The zero-order valence-corrected chi connectivity index (χ0v) is 24.9. The van der Waals surface area contributed by atoms with Crippen LogP contribution in [0, 0.1) is 11.3 Å². The average molecular weight is 600 g/mol. The molecule has 1 fully saturated rings. The van der Waals surface area contributed by atoms with Gasteiger partial charge in [-0.25, -0.2) is 22.8 Å². The number of amides is 1. The molecule has 0 radical (unpaired) electrons. The molecule has 1 aliphatic rings. The Bertz CT molecular complexity index is 1460. The quantitative estimate of drug-likeness (QED) is 0.414. The summed E-state index contributed by atoms with van der Waals surface area (Å²) in [5.41, 5.74) is 3.12. The van der Waals surface area contributed by atoms with Crippen LogP contribution in [0.15, 0.2) is 40.5 Å². The second-order valence-corrected chi connectivity index (χ2v) is 13.0.